The largest absolute Gasteiger partial charge is 0.468 e. The second-order valence-corrected chi connectivity index (χ2v) is 4.05. The summed E-state index contributed by atoms with van der Waals surface area (Å²) in [5.74, 6) is -2.11. The lowest BCUT2D eigenvalue weighted by Crippen LogP contribution is -2.52. The molecule has 1 heterocycles. The molecule has 7 nitrogen and oxygen atoms in total. The third-order valence-corrected chi connectivity index (χ3v) is 3.10. The van der Waals surface area contributed by atoms with Crippen molar-refractivity contribution in [2.75, 3.05) is 27.9 Å². The highest BCUT2D eigenvalue weighted by molar-refractivity contribution is 6.06. The lowest BCUT2D eigenvalue weighted by atomic mass is 9.85. The molecule has 1 aliphatic rings. The zero-order valence-corrected chi connectivity index (χ0v) is 11.2. The lowest BCUT2D eigenvalue weighted by molar-refractivity contribution is -0.183. The summed E-state index contributed by atoms with van der Waals surface area (Å²) < 4.78 is 14.5. The normalized spacial score (nSPS) is 21.1. The Kier molecular flexibility index (Phi) is 4.66. The molecule has 1 rings (SSSR count). The first-order valence-electron chi connectivity index (χ1n) is 5.59. The smallest absolute Gasteiger partial charge is 0.328 e. The first kappa shape index (κ1) is 15.2. The quantitative estimate of drug-likeness (QED) is 0.388. The second-order valence-electron chi connectivity index (χ2n) is 4.05. The number of likely N-dealkylation sites (tertiary alicyclic amines) is 1. The van der Waals surface area contributed by atoms with Crippen LogP contribution in [-0.4, -0.2) is 56.8 Å². The van der Waals surface area contributed by atoms with Crippen molar-refractivity contribution in [1.82, 2.24) is 4.90 Å². The maximum atomic E-state index is 12.0. The monoisotopic (exact) mass is 271 g/mol. The van der Waals surface area contributed by atoms with Gasteiger partial charge >= 0.3 is 11.9 Å². The molecule has 19 heavy (non-hydrogen) atoms. The van der Waals surface area contributed by atoms with Crippen LogP contribution in [0, 0.1) is 5.41 Å². The van der Waals surface area contributed by atoms with Crippen molar-refractivity contribution in [2.24, 2.45) is 5.41 Å². The van der Waals surface area contributed by atoms with Gasteiger partial charge in [0.25, 0.3) is 0 Å². The van der Waals surface area contributed by atoms with Gasteiger partial charge in [-0.05, 0) is 0 Å². The number of hydrogen-bond donors (Lipinski definition) is 0. The van der Waals surface area contributed by atoms with Crippen molar-refractivity contribution in [3.05, 3.63) is 12.7 Å². The van der Waals surface area contributed by atoms with Crippen molar-refractivity contribution in [3.63, 3.8) is 0 Å². The van der Waals surface area contributed by atoms with Crippen LogP contribution >= 0.6 is 0 Å². The van der Waals surface area contributed by atoms with Gasteiger partial charge in [-0.1, -0.05) is 6.08 Å². The Morgan fingerprint density at radius 2 is 1.89 bits per heavy atom. The molecule has 0 aromatic rings. The summed E-state index contributed by atoms with van der Waals surface area (Å²) in [5, 5.41) is 0. The van der Waals surface area contributed by atoms with Crippen LogP contribution in [0.15, 0.2) is 12.7 Å². The van der Waals surface area contributed by atoms with E-state index in [0.717, 1.165) is 14.2 Å². The first-order valence-corrected chi connectivity index (χ1v) is 5.59. The predicted octanol–water partition coefficient (Wildman–Crippen LogP) is -0.290. The Labute approximate surface area is 111 Å². The van der Waals surface area contributed by atoms with Crippen molar-refractivity contribution in [3.8, 4) is 0 Å². The van der Waals surface area contributed by atoms with Crippen molar-refractivity contribution < 1.29 is 28.6 Å². The first-order chi connectivity index (χ1) is 8.99. The molecule has 0 spiro atoms. The fourth-order valence-electron chi connectivity index (χ4n) is 2.28. The Hall–Kier alpha value is -1.89. The number of methoxy groups -OCH3 is 3. The maximum absolute atomic E-state index is 12.0. The molecule has 0 N–H and O–H groups in total. The third-order valence-electron chi connectivity index (χ3n) is 3.10. The van der Waals surface area contributed by atoms with E-state index in [2.05, 4.69) is 16.1 Å². The molecule has 0 aliphatic carbocycles. The van der Waals surface area contributed by atoms with Crippen LogP contribution in [0.2, 0.25) is 0 Å². The predicted molar refractivity (Wildman–Crippen MR) is 63.8 cm³/mol. The molecule has 0 bridgehead atoms. The number of carbonyl (C=O) groups is 3. The zero-order chi connectivity index (χ0) is 14.6. The molecule has 106 valence electrons. The molecule has 0 aromatic carbocycles. The highest BCUT2D eigenvalue weighted by Crippen LogP contribution is 2.40. The van der Waals surface area contributed by atoms with Gasteiger partial charge in [0.05, 0.1) is 20.6 Å². The number of esters is 2. The molecule has 1 saturated heterocycles. The van der Waals surface area contributed by atoms with Gasteiger partial charge in [0.1, 0.15) is 0 Å². The van der Waals surface area contributed by atoms with Crippen LogP contribution in [0.5, 0.6) is 0 Å². The molecule has 1 aliphatic heterocycles. The minimum Gasteiger partial charge on any atom is -0.468 e. The number of rotatable bonds is 5. The molecule has 1 amide bonds. The summed E-state index contributed by atoms with van der Waals surface area (Å²) in [7, 11) is 3.58. The summed E-state index contributed by atoms with van der Waals surface area (Å²) in [4.78, 5) is 37.2. The highest BCUT2D eigenvalue weighted by atomic mass is 16.6. The van der Waals surface area contributed by atoms with Gasteiger partial charge in [-0.15, -0.1) is 6.58 Å². The minimum absolute atomic E-state index is 0.160. The number of ether oxygens (including phenoxy) is 3. The number of hydrogen-bond acceptors (Lipinski definition) is 6. The highest BCUT2D eigenvalue weighted by Gasteiger charge is 2.64. The third kappa shape index (κ3) is 2.21. The number of nitrogens with zero attached hydrogens (tertiary/aromatic N) is 1. The molecule has 1 atom stereocenters. The summed E-state index contributed by atoms with van der Waals surface area (Å²) in [6.07, 6.45) is 0.0608. The zero-order valence-electron chi connectivity index (χ0n) is 11.2. The maximum Gasteiger partial charge on any atom is 0.328 e. The van der Waals surface area contributed by atoms with E-state index in [-0.39, 0.29) is 13.0 Å². The molecule has 1 unspecified atom stereocenters. The van der Waals surface area contributed by atoms with Gasteiger partial charge in [0.15, 0.2) is 6.23 Å². The molecule has 0 aromatic heterocycles. The average Bonchev–Trinajstić information content (AvgIpc) is 2.71. The summed E-state index contributed by atoms with van der Waals surface area (Å²) >= 11 is 0. The topological polar surface area (TPSA) is 82.1 Å². The van der Waals surface area contributed by atoms with Crippen molar-refractivity contribution in [1.29, 1.82) is 0 Å². The molecule has 1 fully saturated rings. The lowest BCUT2D eigenvalue weighted by Gasteiger charge is -2.31. The van der Waals surface area contributed by atoms with Gasteiger partial charge in [-0.2, -0.15) is 0 Å². The van der Waals surface area contributed by atoms with E-state index in [1.54, 1.807) is 0 Å². The second kappa shape index (κ2) is 5.83. The fourth-order valence-corrected chi connectivity index (χ4v) is 2.28. The summed E-state index contributed by atoms with van der Waals surface area (Å²) in [5.41, 5.74) is -1.79. The van der Waals surface area contributed by atoms with E-state index in [9.17, 15) is 14.4 Å². The van der Waals surface area contributed by atoms with E-state index in [1.807, 2.05) is 0 Å². The summed E-state index contributed by atoms with van der Waals surface area (Å²) in [6, 6.07) is 0. The number of amides is 1. The van der Waals surface area contributed by atoms with Gasteiger partial charge < -0.3 is 19.1 Å². The van der Waals surface area contributed by atoms with Crippen LogP contribution < -0.4 is 0 Å². The molecule has 0 saturated carbocycles. The van der Waals surface area contributed by atoms with Crippen LogP contribution in [0.3, 0.4) is 0 Å². The van der Waals surface area contributed by atoms with Crippen molar-refractivity contribution in [2.45, 2.75) is 12.6 Å². The van der Waals surface area contributed by atoms with Gasteiger partial charge in [-0.25, -0.2) is 0 Å². The van der Waals surface area contributed by atoms with E-state index < -0.39 is 29.5 Å². The molecule has 7 heteroatoms. The van der Waals surface area contributed by atoms with E-state index in [1.165, 1.54) is 18.1 Å². The Balaban J connectivity index is 3.30. The Morgan fingerprint density at radius 1 is 1.37 bits per heavy atom. The molecular weight excluding hydrogens is 254 g/mol. The molecule has 0 radical (unpaired) electrons. The Bertz CT molecular complexity index is 389. The Morgan fingerprint density at radius 3 is 2.26 bits per heavy atom. The average molecular weight is 271 g/mol. The van der Waals surface area contributed by atoms with Gasteiger partial charge in [-0.3, -0.25) is 14.4 Å². The van der Waals surface area contributed by atoms with Crippen LogP contribution in [-0.2, 0) is 28.6 Å². The van der Waals surface area contributed by atoms with Crippen LogP contribution in [0.1, 0.15) is 6.42 Å². The SMILES string of the molecule is C=CCN1C(=O)CC(C(=O)OC)(C(=O)OC)C1OC. The fraction of sp³-hybridized carbons (Fsp3) is 0.583. The minimum atomic E-state index is -1.79. The number of carbonyl (C=O) groups excluding carboxylic acids is 3. The summed E-state index contributed by atoms with van der Waals surface area (Å²) in [6.45, 7) is 3.68. The van der Waals surface area contributed by atoms with Gasteiger partial charge in [0, 0.05) is 13.7 Å². The van der Waals surface area contributed by atoms with E-state index >= 15 is 0 Å². The van der Waals surface area contributed by atoms with E-state index in [4.69, 9.17) is 4.74 Å². The van der Waals surface area contributed by atoms with Gasteiger partial charge in [0.2, 0.25) is 11.3 Å². The standard InChI is InChI=1S/C12H17NO6/c1-5-6-13-8(14)7-12(9(13)17-2,10(15)18-3)11(16)19-4/h5,9H,1,6-7H2,2-4H3. The van der Waals surface area contributed by atoms with E-state index in [0.29, 0.717) is 0 Å². The van der Waals surface area contributed by atoms with Crippen LogP contribution in [0.25, 0.3) is 0 Å². The molecular formula is C12H17NO6. The van der Waals surface area contributed by atoms with Crippen molar-refractivity contribution >= 4 is 17.8 Å². The van der Waals surface area contributed by atoms with Crippen LogP contribution in [0.4, 0.5) is 0 Å².